The van der Waals surface area contributed by atoms with Gasteiger partial charge in [0.2, 0.25) is 0 Å². The highest BCUT2D eigenvalue weighted by molar-refractivity contribution is 5.90. The second-order valence-corrected chi connectivity index (χ2v) is 6.86. The molecule has 0 bridgehead atoms. The van der Waals surface area contributed by atoms with Gasteiger partial charge in [-0.3, -0.25) is 0 Å². The topological polar surface area (TPSA) is 0 Å². The van der Waals surface area contributed by atoms with Gasteiger partial charge in [-0.1, -0.05) is 73.3 Å². The highest BCUT2D eigenvalue weighted by atomic mass is 14.5. The molecule has 0 aromatic heterocycles. The number of hydrogen-bond donors (Lipinski definition) is 0. The Morgan fingerprint density at radius 1 is 0.958 bits per heavy atom. The molecule has 2 aromatic carbocycles. The molecule has 0 radical (unpaired) electrons. The van der Waals surface area contributed by atoms with E-state index in [0.29, 0.717) is 0 Å². The molecule has 116 valence electrons. The van der Waals surface area contributed by atoms with Crippen molar-refractivity contribution in [2.45, 2.75) is 25.2 Å². The summed E-state index contributed by atoms with van der Waals surface area (Å²) in [7, 11) is 0. The summed E-state index contributed by atoms with van der Waals surface area (Å²) in [6, 6.07) is 17.8. The molecule has 0 saturated carbocycles. The highest BCUT2D eigenvalue weighted by Gasteiger charge is 2.53. The summed E-state index contributed by atoms with van der Waals surface area (Å²) < 4.78 is 0. The van der Waals surface area contributed by atoms with Gasteiger partial charge in [-0.25, -0.2) is 0 Å². The van der Waals surface area contributed by atoms with Crippen LogP contribution in [0.4, 0.5) is 0 Å². The summed E-state index contributed by atoms with van der Waals surface area (Å²) in [4.78, 5) is 0. The van der Waals surface area contributed by atoms with Gasteiger partial charge in [0.15, 0.2) is 0 Å². The van der Waals surface area contributed by atoms with Crippen molar-refractivity contribution in [3.63, 3.8) is 0 Å². The maximum Gasteiger partial charge on any atom is 0.0718 e. The first-order valence-electron chi connectivity index (χ1n) is 8.76. The summed E-state index contributed by atoms with van der Waals surface area (Å²) in [6.07, 6.45) is 9.20. The molecule has 0 heteroatoms. The van der Waals surface area contributed by atoms with E-state index >= 15 is 0 Å². The van der Waals surface area contributed by atoms with Crippen molar-refractivity contribution < 1.29 is 0 Å². The van der Waals surface area contributed by atoms with Crippen LogP contribution in [0.15, 0.2) is 95.6 Å². The fourth-order valence-electron chi connectivity index (χ4n) is 5.07. The zero-order valence-corrected chi connectivity index (χ0v) is 14.0. The summed E-state index contributed by atoms with van der Waals surface area (Å²) in [5.41, 5.74) is 10.9. The Hall–Kier alpha value is -2.60. The molecular weight excluding hydrogens is 288 g/mol. The summed E-state index contributed by atoms with van der Waals surface area (Å²) >= 11 is 0. The minimum atomic E-state index is -0.161. The van der Waals surface area contributed by atoms with E-state index in [-0.39, 0.29) is 5.41 Å². The van der Waals surface area contributed by atoms with Gasteiger partial charge in [-0.05, 0) is 64.3 Å². The van der Waals surface area contributed by atoms with E-state index in [9.17, 15) is 0 Å². The SMILES string of the molecule is C=C1C2=C(C=CCC2)C2(/C1=C/C)c1ccccc1-c1ccccc12. The van der Waals surface area contributed by atoms with E-state index in [1.54, 1.807) is 0 Å². The summed E-state index contributed by atoms with van der Waals surface area (Å²) in [6.45, 7) is 6.66. The van der Waals surface area contributed by atoms with Crippen LogP contribution in [0.5, 0.6) is 0 Å². The van der Waals surface area contributed by atoms with Gasteiger partial charge < -0.3 is 0 Å². The van der Waals surface area contributed by atoms with Crippen molar-refractivity contribution in [1.29, 1.82) is 0 Å². The van der Waals surface area contributed by atoms with Crippen LogP contribution < -0.4 is 0 Å². The third-order valence-electron chi connectivity index (χ3n) is 5.91. The Balaban J connectivity index is 1.98. The molecule has 0 unspecified atom stereocenters. The second-order valence-electron chi connectivity index (χ2n) is 6.86. The quantitative estimate of drug-likeness (QED) is 0.550. The molecule has 0 aliphatic heterocycles. The van der Waals surface area contributed by atoms with Crippen LogP contribution in [0.1, 0.15) is 30.9 Å². The van der Waals surface area contributed by atoms with Crippen molar-refractivity contribution >= 4 is 0 Å². The molecule has 0 fully saturated rings. The van der Waals surface area contributed by atoms with Crippen molar-refractivity contribution in [3.05, 3.63) is 107 Å². The minimum absolute atomic E-state index is 0.161. The highest BCUT2D eigenvalue weighted by Crippen LogP contribution is 2.63. The molecule has 5 rings (SSSR count). The lowest BCUT2D eigenvalue weighted by molar-refractivity contribution is 0.773. The van der Waals surface area contributed by atoms with Gasteiger partial charge in [0.05, 0.1) is 5.41 Å². The smallest absolute Gasteiger partial charge is 0.0718 e. The number of hydrogen-bond acceptors (Lipinski definition) is 0. The molecule has 24 heavy (non-hydrogen) atoms. The van der Waals surface area contributed by atoms with E-state index in [2.05, 4.69) is 80.3 Å². The zero-order valence-electron chi connectivity index (χ0n) is 14.0. The molecule has 0 atom stereocenters. The average Bonchev–Trinajstić information content (AvgIpc) is 3.08. The van der Waals surface area contributed by atoms with Gasteiger partial charge in [-0.15, -0.1) is 0 Å². The number of benzene rings is 2. The first-order chi connectivity index (χ1) is 11.8. The standard InChI is InChI=1S/C24H20/c1-3-20-16(2)17-10-4-7-13-21(17)24(20)22-14-8-5-11-18(22)19-12-6-9-15-23(19)24/h3,5-9,11-15H,2,4,10H2,1H3/b20-3+. The molecule has 0 N–H and O–H groups in total. The van der Waals surface area contributed by atoms with Gasteiger partial charge in [0.25, 0.3) is 0 Å². The van der Waals surface area contributed by atoms with Crippen LogP contribution in [0, 0.1) is 0 Å². The monoisotopic (exact) mass is 308 g/mol. The van der Waals surface area contributed by atoms with E-state index in [1.807, 2.05) is 0 Å². The van der Waals surface area contributed by atoms with Gasteiger partial charge in [-0.2, -0.15) is 0 Å². The van der Waals surface area contributed by atoms with Crippen LogP contribution in [0.25, 0.3) is 11.1 Å². The Morgan fingerprint density at radius 2 is 1.58 bits per heavy atom. The molecule has 0 nitrogen and oxygen atoms in total. The minimum Gasteiger partial charge on any atom is -0.0912 e. The number of fused-ring (bicyclic) bond motifs is 6. The molecular formula is C24H20. The van der Waals surface area contributed by atoms with Gasteiger partial charge >= 0.3 is 0 Å². The number of allylic oxidation sites excluding steroid dienone is 7. The van der Waals surface area contributed by atoms with Crippen LogP contribution in [-0.4, -0.2) is 0 Å². The van der Waals surface area contributed by atoms with Crippen LogP contribution >= 0.6 is 0 Å². The summed E-state index contributed by atoms with van der Waals surface area (Å²) in [5.74, 6) is 0. The van der Waals surface area contributed by atoms with Crippen LogP contribution in [-0.2, 0) is 5.41 Å². The average molecular weight is 308 g/mol. The fourth-order valence-corrected chi connectivity index (χ4v) is 5.07. The van der Waals surface area contributed by atoms with E-state index in [0.717, 1.165) is 12.8 Å². The Bertz CT molecular complexity index is 933. The maximum atomic E-state index is 4.50. The lowest BCUT2D eigenvalue weighted by Gasteiger charge is -2.32. The van der Waals surface area contributed by atoms with Crippen LogP contribution in [0.3, 0.4) is 0 Å². The van der Waals surface area contributed by atoms with Crippen LogP contribution in [0.2, 0.25) is 0 Å². The summed E-state index contributed by atoms with van der Waals surface area (Å²) in [5, 5.41) is 0. The zero-order chi connectivity index (χ0) is 16.3. The molecule has 2 aromatic rings. The van der Waals surface area contributed by atoms with Gasteiger partial charge in [0.1, 0.15) is 0 Å². The van der Waals surface area contributed by atoms with Crippen molar-refractivity contribution in [1.82, 2.24) is 0 Å². The molecule has 0 amide bonds. The van der Waals surface area contributed by atoms with Crippen molar-refractivity contribution in [3.8, 4) is 11.1 Å². The second kappa shape index (κ2) is 4.70. The normalized spacial score (nSPS) is 21.4. The molecule has 3 aliphatic carbocycles. The first-order valence-corrected chi connectivity index (χ1v) is 8.76. The predicted octanol–water partition coefficient (Wildman–Crippen LogP) is 6.12. The third-order valence-corrected chi connectivity index (χ3v) is 5.91. The molecule has 0 saturated heterocycles. The largest absolute Gasteiger partial charge is 0.0912 e. The lowest BCUT2D eigenvalue weighted by Crippen LogP contribution is -2.27. The predicted molar refractivity (Wildman–Crippen MR) is 101 cm³/mol. The van der Waals surface area contributed by atoms with E-state index in [4.69, 9.17) is 0 Å². The maximum absolute atomic E-state index is 4.50. The fraction of sp³-hybridized carbons (Fsp3) is 0.167. The first kappa shape index (κ1) is 13.8. The molecule has 3 aliphatic rings. The van der Waals surface area contributed by atoms with E-state index in [1.165, 1.54) is 44.5 Å². The molecule has 0 heterocycles. The third kappa shape index (κ3) is 1.40. The van der Waals surface area contributed by atoms with Crippen molar-refractivity contribution in [2.75, 3.05) is 0 Å². The Labute approximate surface area is 143 Å². The van der Waals surface area contributed by atoms with E-state index < -0.39 is 0 Å². The Morgan fingerprint density at radius 3 is 2.21 bits per heavy atom. The Kier molecular flexibility index (Phi) is 2.71. The lowest BCUT2D eigenvalue weighted by atomic mass is 9.69. The van der Waals surface area contributed by atoms with Crippen molar-refractivity contribution in [2.24, 2.45) is 0 Å². The van der Waals surface area contributed by atoms with Gasteiger partial charge in [0, 0.05) is 0 Å². The number of rotatable bonds is 0. The molecule has 1 spiro atoms.